The molecule has 3 fully saturated rings. The van der Waals surface area contributed by atoms with E-state index in [0.717, 1.165) is 16.5 Å². The zero-order valence-corrected chi connectivity index (χ0v) is 14.0. The van der Waals surface area contributed by atoms with Gasteiger partial charge in [-0.25, -0.2) is 0 Å². The van der Waals surface area contributed by atoms with Crippen LogP contribution < -0.4 is 11.1 Å². The summed E-state index contributed by atoms with van der Waals surface area (Å²) < 4.78 is 0. The number of benzene rings is 1. The van der Waals surface area contributed by atoms with Gasteiger partial charge in [0, 0.05) is 28.1 Å². The van der Waals surface area contributed by atoms with Gasteiger partial charge in [0.25, 0.3) is 0 Å². The molecule has 1 aromatic carbocycles. The summed E-state index contributed by atoms with van der Waals surface area (Å²) in [6.07, 6.45) is 2.63. The van der Waals surface area contributed by atoms with Crippen molar-refractivity contribution in [2.24, 2.45) is 17.6 Å². The van der Waals surface area contributed by atoms with Gasteiger partial charge in [0.15, 0.2) is 0 Å². The fourth-order valence-electron chi connectivity index (χ4n) is 4.75. The van der Waals surface area contributed by atoms with Crippen molar-refractivity contribution in [1.29, 1.82) is 0 Å². The molecule has 5 heteroatoms. The number of carbonyl (C=O) groups excluding carboxylic acids is 1. The van der Waals surface area contributed by atoms with Crippen LogP contribution in [0, 0.1) is 11.8 Å². The molecule has 22 heavy (non-hydrogen) atoms. The third-order valence-corrected chi connectivity index (χ3v) is 7.14. The lowest BCUT2D eigenvalue weighted by molar-refractivity contribution is -0.0123. The molecule has 4 nitrogen and oxygen atoms in total. The number of amides is 1. The first-order valence-corrected chi connectivity index (χ1v) is 8.95. The van der Waals surface area contributed by atoms with Crippen LogP contribution in [0.4, 0.5) is 5.69 Å². The zero-order chi connectivity index (χ0) is 15.5. The summed E-state index contributed by atoms with van der Waals surface area (Å²) in [5, 5.41) is 3.75. The average molecular weight is 317 g/mol. The topological polar surface area (TPSA) is 58.4 Å². The lowest BCUT2D eigenvalue weighted by atomic mass is 9.71. The molecule has 3 saturated heterocycles. The normalized spacial score (nSPS) is 39.4. The van der Waals surface area contributed by atoms with Gasteiger partial charge in [-0.05, 0) is 63.9 Å². The lowest BCUT2D eigenvalue weighted by Crippen LogP contribution is -2.60. The average Bonchev–Trinajstić information content (AvgIpc) is 2.84. The van der Waals surface area contributed by atoms with Crippen LogP contribution in [-0.4, -0.2) is 34.8 Å². The van der Waals surface area contributed by atoms with Gasteiger partial charge in [0.05, 0.1) is 4.87 Å². The number of anilines is 1. The van der Waals surface area contributed by atoms with Crippen LogP contribution in [0.2, 0.25) is 0 Å². The second kappa shape index (κ2) is 4.90. The minimum atomic E-state index is -0.354. The number of nitrogens with two attached hydrogens (primary N) is 1. The quantitative estimate of drug-likeness (QED) is 0.880. The third-order valence-electron chi connectivity index (χ3n) is 5.78. The van der Waals surface area contributed by atoms with Gasteiger partial charge in [-0.1, -0.05) is 11.8 Å². The number of nitrogens with one attached hydrogen (secondary N) is 1. The molecule has 5 rings (SSSR count). The maximum absolute atomic E-state index is 11.4. The Morgan fingerprint density at radius 2 is 2.14 bits per heavy atom. The molecule has 0 aromatic heterocycles. The zero-order valence-electron chi connectivity index (χ0n) is 13.1. The van der Waals surface area contributed by atoms with Crippen LogP contribution in [0.25, 0.3) is 0 Å². The van der Waals surface area contributed by atoms with E-state index < -0.39 is 0 Å². The van der Waals surface area contributed by atoms with Gasteiger partial charge in [0.2, 0.25) is 5.91 Å². The third kappa shape index (κ3) is 2.06. The van der Waals surface area contributed by atoms with Crippen LogP contribution in [0.15, 0.2) is 23.1 Å². The summed E-state index contributed by atoms with van der Waals surface area (Å²) >= 11 is 1.87. The summed E-state index contributed by atoms with van der Waals surface area (Å²) in [5.74, 6) is 1.08. The van der Waals surface area contributed by atoms with Crippen molar-refractivity contribution >= 4 is 23.4 Å². The molecule has 1 aromatic rings. The van der Waals surface area contributed by atoms with Gasteiger partial charge >= 0.3 is 0 Å². The Hall–Kier alpha value is -1.20. The molecule has 1 amide bonds. The van der Waals surface area contributed by atoms with Crippen LogP contribution in [0.1, 0.15) is 37.0 Å². The summed E-state index contributed by atoms with van der Waals surface area (Å²) in [6, 6.07) is 6.37. The molecule has 0 aliphatic carbocycles. The number of rotatable bonds is 2. The highest BCUT2D eigenvalue weighted by Crippen LogP contribution is 2.55. The van der Waals surface area contributed by atoms with Crippen LogP contribution in [-0.2, 0) is 0 Å². The van der Waals surface area contributed by atoms with Gasteiger partial charge in [-0.15, -0.1) is 0 Å². The minimum absolute atomic E-state index is 0.00176. The molecular weight excluding hydrogens is 294 g/mol. The molecular formula is C17H23N3OS. The number of carbonyl (C=O) groups is 1. The van der Waals surface area contributed by atoms with Crippen molar-refractivity contribution in [3.8, 4) is 0 Å². The largest absolute Gasteiger partial charge is 0.369 e. The Balaban J connectivity index is 1.65. The Kier molecular flexibility index (Phi) is 3.20. The second-order valence-corrected chi connectivity index (χ2v) is 8.54. The van der Waals surface area contributed by atoms with Crippen molar-refractivity contribution in [2.45, 2.75) is 42.5 Å². The van der Waals surface area contributed by atoms with Crippen molar-refractivity contribution < 1.29 is 4.79 Å². The van der Waals surface area contributed by atoms with Gasteiger partial charge in [-0.2, -0.15) is 0 Å². The molecule has 3 atom stereocenters. The Morgan fingerprint density at radius 1 is 1.41 bits per heavy atom. The molecule has 0 spiro atoms. The fourth-order valence-corrected chi connectivity index (χ4v) is 6.31. The monoisotopic (exact) mass is 317 g/mol. The molecule has 3 N–H and O–H groups in total. The maximum Gasteiger partial charge on any atom is 0.248 e. The molecule has 4 aliphatic rings. The summed E-state index contributed by atoms with van der Waals surface area (Å²) in [5.41, 5.74) is 7.15. The van der Waals surface area contributed by atoms with E-state index in [9.17, 15) is 4.79 Å². The lowest BCUT2D eigenvalue weighted by Gasteiger charge is -2.54. The van der Waals surface area contributed by atoms with E-state index in [1.54, 1.807) is 0 Å². The smallest absolute Gasteiger partial charge is 0.248 e. The number of nitrogens with zero attached hydrogens (tertiary/aromatic N) is 1. The number of hydrogen-bond donors (Lipinski definition) is 2. The van der Waals surface area contributed by atoms with Gasteiger partial charge < -0.3 is 16.0 Å². The Morgan fingerprint density at radius 3 is 2.77 bits per heavy atom. The summed E-state index contributed by atoms with van der Waals surface area (Å²) in [4.78, 5) is 15.2. The van der Waals surface area contributed by atoms with Crippen molar-refractivity contribution in [1.82, 2.24) is 4.90 Å². The molecule has 4 heterocycles. The Labute approximate surface area is 135 Å². The number of hydrogen-bond acceptors (Lipinski definition) is 4. The standard InChI is InChI=1S/C17H23N3OS/c1-10-15(11-5-7-20(10)8-6-11)17(2)19-13-4-3-12(16(18)21)9-14(13)22-17/h3-4,9-11,15,19H,5-8H2,1-2H3,(H2,18,21)/t10-,15-,17?/m0/s1. The number of primary amides is 1. The molecule has 0 saturated carbocycles. The SMILES string of the molecule is C[C@H]1[C@H](C2(C)Nc3ccc(C(N)=O)cc3S2)C2CCN1CC2. The van der Waals surface area contributed by atoms with Gasteiger partial charge in [-0.3, -0.25) is 4.79 Å². The molecule has 118 valence electrons. The number of fused-ring (bicyclic) bond motifs is 4. The maximum atomic E-state index is 11.4. The fraction of sp³-hybridized carbons (Fsp3) is 0.588. The second-order valence-electron chi connectivity index (χ2n) is 7.05. The van der Waals surface area contributed by atoms with E-state index in [-0.39, 0.29) is 10.8 Å². The van der Waals surface area contributed by atoms with Gasteiger partial charge in [0.1, 0.15) is 0 Å². The molecule has 1 unspecified atom stereocenters. The van der Waals surface area contributed by atoms with E-state index in [1.807, 2.05) is 30.0 Å². The van der Waals surface area contributed by atoms with Crippen molar-refractivity contribution in [2.75, 3.05) is 18.4 Å². The van der Waals surface area contributed by atoms with Crippen LogP contribution in [0.5, 0.6) is 0 Å². The summed E-state index contributed by atoms with van der Waals surface area (Å²) in [7, 11) is 0. The van der Waals surface area contributed by atoms with Crippen molar-refractivity contribution in [3.63, 3.8) is 0 Å². The van der Waals surface area contributed by atoms with E-state index in [1.165, 1.54) is 25.9 Å². The minimum Gasteiger partial charge on any atom is -0.369 e. The highest BCUT2D eigenvalue weighted by molar-refractivity contribution is 8.01. The number of thioether (sulfide) groups is 1. The number of piperidine rings is 3. The molecule has 4 aliphatic heterocycles. The van der Waals surface area contributed by atoms with Crippen molar-refractivity contribution in [3.05, 3.63) is 23.8 Å². The first-order chi connectivity index (χ1) is 10.5. The van der Waals surface area contributed by atoms with Crippen LogP contribution >= 0.6 is 11.8 Å². The first kappa shape index (κ1) is 14.4. The van der Waals surface area contributed by atoms with E-state index in [4.69, 9.17) is 5.73 Å². The van der Waals surface area contributed by atoms with Crippen LogP contribution in [0.3, 0.4) is 0 Å². The van der Waals surface area contributed by atoms with E-state index >= 15 is 0 Å². The summed E-state index contributed by atoms with van der Waals surface area (Å²) in [6.45, 7) is 7.20. The molecule has 2 bridgehead atoms. The predicted molar refractivity (Wildman–Crippen MR) is 90.1 cm³/mol. The predicted octanol–water partition coefficient (Wildman–Crippen LogP) is 2.75. The molecule has 0 radical (unpaired) electrons. The highest BCUT2D eigenvalue weighted by Gasteiger charge is 2.51. The highest BCUT2D eigenvalue weighted by atomic mass is 32.2. The Bertz CT molecular complexity index is 624. The van der Waals surface area contributed by atoms with E-state index in [0.29, 0.717) is 17.5 Å². The van der Waals surface area contributed by atoms with E-state index in [2.05, 4.69) is 24.1 Å². The first-order valence-electron chi connectivity index (χ1n) is 8.13.